The number of aryl methyl sites for hydroxylation is 1. The molecule has 0 aliphatic carbocycles. The second kappa shape index (κ2) is 5.21. The zero-order chi connectivity index (χ0) is 13.9. The normalized spacial score (nSPS) is 10.7. The van der Waals surface area contributed by atoms with Crippen molar-refractivity contribution in [1.82, 2.24) is 9.55 Å². The summed E-state index contributed by atoms with van der Waals surface area (Å²) in [5.41, 5.74) is 3.86. The molecule has 0 saturated carbocycles. The topological polar surface area (TPSA) is 37.8 Å². The SMILES string of the molecule is CCc1ccc(-n2cc(-c3ccccc3)[nH]c2=O)cc1. The largest absolute Gasteiger partial charge is 0.330 e. The highest BCUT2D eigenvalue weighted by atomic mass is 16.1. The molecule has 1 heterocycles. The molecule has 0 radical (unpaired) electrons. The van der Waals surface area contributed by atoms with E-state index in [2.05, 4.69) is 24.0 Å². The monoisotopic (exact) mass is 264 g/mol. The molecule has 3 rings (SSSR count). The summed E-state index contributed by atoms with van der Waals surface area (Å²) in [4.78, 5) is 15.0. The van der Waals surface area contributed by atoms with Crippen LogP contribution in [0.3, 0.4) is 0 Å². The van der Waals surface area contributed by atoms with Gasteiger partial charge in [-0.25, -0.2) is 4.79 Å². The molecule has 3 aromatic rings. The summed E-state index contributed by atoms with van der Waals surface area (Å²) >= 11 is 0. The molecule has 0 unspecified atom stereocenters. The summed E-state index contributed by atoms with van der Waals surface area (Å²) in [6, 6.07) is 17.9. The van der Waals surface area contributed by atoms with Crippen LogP contribution in [0, 0.1) is 0 Å². The molecule has 0 saturated heterocycles. The zero-order valence-corrected chi connectivity index (χ0v) is 11.3. The van der Waals surface area contributed by atoms with Crippen molar-refractivity contribution in [2.75, 3.05) is 0 Å². The van der Waals surface area contributed by atoms with E-state index in [1.807, 2.05) is 48.7 Å². The minimum absolute atomic E-state index is 0.117. The fraction of sp³-hybridized carbons (Fsp3) is 0.118. The van der Waals surface area contributed by atoms with Crippen molar-refractivity contribution in [2.45, 2.75) is 13.3 Å². The van der Waals surface area contributed by atoms with Crippen molar-refractivity contribution in [3.8, 4) is 16.9 Å². The molecule has 3 heteroatoms. The van der Waals surface area contributed by atoms with Crippen LogP contribution in [0.4, 0.5) is 0 Å². The van der Waals surface area contributed by atoms with Gasteiger partial charge in [-0.3, -0.25) is 4.57 Å². The Morgan fingerprint density at radius 1 is 1.00 bits per heavy atom. The molecule has 20 heavy (non-hydrogen) atoms. The Kier molecular flexibility index (Phi) is 3.25. The summed E-state index contributed by atoms with van der Waals surface area (Å²) in [6.45, 7) is 2.12. The number of imidazole rings is 1. The summed E-state index contributed by atoms with van der Waals surface area (Å²) in [6.07, 6.45) is 2.84. The van der Waals surface area contributed by atoms with Crippen LogP contribution >= 0.6 is 0 Å². The number of hydrogen-bond donors (Lipinski definition) is 1. The van der Waals surface area contributed by atoms with E-state index in [9.17, 15) is 4.79 Å². The van der Waals surface area contributed by atoms with Crippen LogP contribution in [-0.2, 0) is 6.42 Å². The molecule has 0 bridgehead atoms. The second-order valence-electron chi connectivity index (χ2n) is 4.73. The quantitative estimate of drug-likeness (QED) is 0.773. The Morgan fingerprint density at radius 3 is 2.35 bits per heavy atom. The van der Waals surface area contributed by atoms with Crippen molar-refractivity contribution in [3.05, 3.63) is 76.8 Å². The number of nitrogens with one attached hydrogen (secondary N) is 1. The fourth-order valence-electron chi connectivity index (χ4n) is 2.24. The Bertz CT molecular complexity index is 752. The van der Waals surface area contributed by atoms with Crippen molar-refractivity contribution < 1.29 is 0 Å². The van der Waals surface area contributed by atoms with E-state index in [1.54, 1.807) is 4.57 Å². The number of hydrogen-bond acceptors (Lipinski definition) is 1. The highest BCUT2D eigenvalue weighted by Crippen LogP contribution is 2.16. The van der Waals surface area contributed by atoms with Crippen molar-refractivity contribution in [2.24, 2.45) is 0 Å². The number of rotatable bonds is 3. The lowest BCUT2D eigenvalue weighted by Crippen LogP contribution is -2.13. The van der Waals surface area contributed by atoms with Crippen LogP contribution in [0.25, 0.3) is 16.9 Å². The van der Waals surface area contributed by atoms with Crippen molar-refractivity contribution in [3.63, 3.8) is 0 Å². The molecule has 0 aliphatic rings. The summed E-state index contributed by atoms with van der Waals surface area (Å²) < 4.78 is 1.64. The molecule has 1 N–H and O–H groups in total. The Hall–Kier alpha value is -2.55. The van der Waals surface area contributed by atoms with Gasteiger partial charge in [0.2, 0.25) is 0 Å². The maximum absolute atomic E-state index is 12.1. The summed E-state index contributed by atoms with van der Waals surface area (Å²) in [5, 5.41) is 0. The predicted octanol–water partition coefficient (Wildman–Crippen LogP) is 3.40. The van der Waals surface area contributed by atoms with Gasteiger partial charge in [-0.05, 0) is 29.7 Å². The molecule has 0 amide bonds. The zero-order valence-electron chi connectivity index (χ0n) is 11.3. The predicted molar refractivity (Wildman–Crippen MR) is 81.2 cm³/mol. The van der Waals surface area contributed by atoms with Crippen LogP contribution in [0.5, 0.6) is 0 Å². The second-order valence-corrected chi connectivity index (χ2v) is 4.73. The number of aromatic nitrogens is 2. The molecule has 0 aliphatic heterocycles. The first-order valence-corrected chi connectivity index (χ1v) is 6.74. The van der Waals surface area contributed by atoms with Crippen LogP contribution in [0.15, 0.2) is 65.6 Å². The third-order valence-corrected chi connectivity index (χ3v) is 3.43. The Morgan fingerprint density at radius 2 is 1.70 bits per heavy atom. The minimum Gasteiger partial charge on any atom is -0.305 e. The van der Waals surface area contributed by atoms with Gasteiger partial charge in [-0.15, -0.1) is 0 Å². The highest BCUT2D eigenvalue weighted by Gasteiger charge is 2.06. The maximum atomic E-state index is 12.1. The van der Waals surface area contributed by atoms with Gasteiger partial charge in [0.25, 0.3) is 0 Å². The van der Waals surface area contributed by atoms with E-state index in [0.717, 1.165) is 23.4 Å². The van der Waals surface area contributed by atoms with Crippen molar-refractivity contribution >= 4 is 0 Å². The molecule has 2 aromatic carbocycles. The molecule has 3 nitrogen and oxygen atoms in total. The number of aromatic amines is 1. The van der Waals surface area contributed by atoms with E-state index in [-0.39, 0.29) is 5.69 Å². The number of nitrogens with zero attached hydrogens (tertiary/aromatic N) is 1. The van der Waals surface area contributed by atoms with Gasteiger partial charge >= 0.3 is 5.69 Å². The summed E-state index contributed by atoms with van der Waals surface area (Å²) in [7, 11) is 0. The Balaban J connectivity index is 2.02. The first-order valence-electron chi connectivity index (χ1n) is 6.74. The van der Waals surface area contributed by atoms with Crippen molar-refractivity contribution in [1.29, 1.82) is 0 Å². The molecule has 100 valence electrons. The summed E-state index contributed by atoms with van der Waals surface area (Å²) in [5.74, 6) is 0. The minimum atomic E-state index is -0.117. The van der Waals surface area contributed by atoms with Crippen LogP contribution < -0.4 is 5.69 Å². The lowest BCUT2D eigenvalue weighted by Gasteiger charge is -2.02. The van der Waals surface area contributed by atoms with Gasteiger partial charge in [0.05, 0.1) is 11.4 Å². The fourth-order valence-corrected chi connectivity index (χ4v) is 2.24. The molecular formula is C17H16N2O. The molecule has 0 fully saturated rings. The third kappa shape index (κ3) is 2.30. The van der Waals surface area contributed by atoms with Crippen LogP contribution in [0.1, 0.15) is 12.5 Å². The van der Waals surface area contributed by atoms with Gasteiger partial charge in [0, 0.05) is 6.20 Å². The van der Waals surface area contributed by atoms with E-state index in [1.165, 1.54) is 5.56 Å². The average molecular weight is 264 g/mol. The lowest BCUT2D eigenvalue weighted by molar-refractivity contribution is 0.983. The van der Waals surface area contributed by atoms with E-state index in [0.29, 0.717) is 0 Å². The van der Waals surface area contributed by atoms with E-state index in [4.69, 9.17) is 0 Å². The van der Waals surface area contributed by atoms with Crippen LogP contribution in [0.2, 0.25) is 0 Å². The van der Waals surface area contributed by atoms with E-state index < -0.39 is 0 Å². The van der Waals surface area contributed by atoms with Crippen LogP contribution in [-0.4, -0.2) is 9.55 Å². The molecule has 0 atom stereocenters. The maximum Gasteiger partial charge on any atom is 0.330 e. The number of benzene rings is 2. The van der Waals surface area contributed by atoms with Gasteiger partial charge in [0.1, 0.15) is 0 Å². The Labute approximate surface area is 117 Å². The van der Waals surface area contributed by atoms with E-state index >= 15 is 0 Å². The van der Waals surface area contributed by atoms with Gasteiger partial charge in [0.15, 0.2) is 0 Å². The highest BCUT2D eigenvalue weighted by molar-refractivity contribution is 5.58. The first-order chi connectivity index (χ1) is 9.78. The lowest BCUT2D eigenvalue weighted by atomic mass is 10.1. The standard InChI is InChI=1S/C17H16N2O/c1-2-13-8-10-15(11-9-13)19-12-16(18-17(19)20)14-6-4-3-5-7-14/h3-12H,2H2,1H3,(H,18,20). The molecule has 0 spiro atoms. The van der Waals surface area contributed by atoms with Gasteiger partial charge < -0.3 is 4.98 Å². The molecule has 1 aromatic heterocycles. The third-order valence-electron chi connectivity index (χ3n) is 3.43. The first kappa shape index (κ1) is 12.5. The molecular weight excluding hydrogens is 248 g/mol. The smallest absolute Gasteiger partial charge is 0.305 e. The average Bonchev–Trinajstić information content (AvgIpc) is 2.90. The number of H-pyrrole nitrogens is 1. The van der Waals surface area contributed by atoms with Gasteiger partial charge in [-0.2, -0.15) is 0 Å². The van der Waals surface area contributed by atoms with Gasteiger partial charge in [-0.1, -0.05) is 49.4 Å².